The van der Waals surface area contributed by atoms with Gasteiger partial charge < -0.3 is 28.7 Å². The van der Waals surface area contributed by atoms with E-state index in [1.165, 1.54) is 70.8 Å². The Morgan fingerprint density at radius 1 is 0.618 bits per heavy atom. The van der Waals surface area contributed by atoms with E-state index >= 15 is 0 Å². The van der Waals surface area contributed by atoms with Crippen LogP contribution in [-0.4, -0.2) is 33.1 Å². The van der Waals surface area contributed by atoms with Crippen LogP contribution in [0.25, 0.3) is 10.1 Å². The van der Waals surface area contributed by atoms with Gasteiger partial charge in [0.25, 0.3) is 6.71 Å². The van der Waals surface area contributed by atoms with E-state index in [0.29, 0.717) is 26.4 Å². The molecule has 0 bridgehead atoms. The average Bonchev–Trinajstić information content (AvgIpc) is 3.25. The van der Waals surface area contributed by atoms with Crippen molar-refractivity contribution < 1.29 is 18.9 Å². The molecule has 0 unspecified atom stereocenters. The summed E-state index contributed by atoms with van der Waals surface area (Å²) in [5.41, 5.74) is 17.1. The summed E-state index contributed by atoms with van der Waals surface area (Å²) < 4.78 is 26.9. The van der Waals surface area contributed by atoms with Crippen molar-refractivity contribution in [3.05, 3.63) is 100 Å². The first-order valence-corrected chi connectivity index (χ1v) is 20.5. The Bertz CT molecular complexity index is 2560. The van der Waals surface area contributed by atoms with E-state index in [1.807, 2.05) is 11.3 Å². The Morgan fingerprint density at radius 3 is 1.95 bits per heavy atom. The van der Waals surface area contributed by atoms with Crippen LogP contribution in [0.2, 0.25) is 0 Å². The highest BCUT2D eigenvalue weighted by molar-refractivity contribution is 7.26. The molecule has 0 atom stereocenters. The molecule has 0 fully saturated rings. The van der Waals surface area contributed by atoms with E-state index in [9.17, 15) is 0 Å². The highest BCUT2D eigenvalue weighted by Gasteiger charge is 2.47. The number of fused-ring (bicyclic) bond motifs is 8. The summed E-state index contributed by atoms with van der Waals surface area (Å²) in [5, 5.41) is 2.53. The molecule has 0 amide bonds. The first-order valence-electron chi connectivity index (χ1n) is 19.7. The van der Waals surface area contributed by atoms with E-state index in [4.69, 9.17) is 18.9 Å². The van der Waals surface area contributed by atoms with Gasteiger partial charge >= 0.3 is 0 Å². The fraction of sp³-hybridized carbons (Fsp3) is 0.319. The van der Waals surface area contributed by atoms with Gasteiger partial charge in [0.15, 0.2) is 23.0 Å². The first kappa shape index (κ1) is 34.4. The van der Waals surface area contributed by atoms with Gasteiger partial charge in [-0.2, -0.15) is 0 Å². The molecule has 1 aromatic heterocycles. The zero-order valence-electron chi connectivity index (χ0n) is 33.1. The topological polar surface area (TPSA) is 43.4 Å². The third-order valence-corrected chi connectivity index (χ3v) is 13.0. The second-order valence-corrected chi connectivity index (χ2v) is 17.8. The quantitative estimate of drug-likeness (QED) is 0.164. The molecule has 0 saturated carbocycles. The summed E-state index contributed by atoms with van der Waals surface area (Å²) in [6.45, 7) is 20.6. The molecular weight excluding hydrogens is 699 g/mol. The van der Waals surface area contributed by atoms with Crippen LogP contribution in [0, 0.1) is 34.6 Å². The zero-order chi connectivity index (χ0) is 37.9. The van der Waals surface area contributed by atoms with Crippen LogP contribution in [0.1, 0.15) is 67.0 Å². The van der Waals surface area contributed by atoms with Crippen LogP contribution in [0.4, 0.5) is 33.4 Å². The summed E-state index contributed by atoms with van der Waals surface area (Å²) in [6, 6.07) is 25.2. The van der Waals surface area contributed by atoms with Gasteiger partial charge in [-0.15, -0.1) is 11.3 Å². The number of rotatable bonds is 2. The van der Waals surface area contributed by atoms with Crippen molar-refractivity contribution in [3.8, 4) is 23.0 Å². The number of aryl methyl sites for hydroxylation is 4. The standard InChI is InChI=1S/C47H47BN2O4S/c1-26-19-35-42-36(20-26)50(44-29(4)23-39-45(30(44)5)54-18-12-17-53-39)46-41(32-13-9-10-14-40(32)55-46)48(42)33-24-37-38(52-16-11-15-51-37)25-34(33)49(35)43-27(2)21-31(22-28(43)3)47(6,7)8/h9-10,13-14,19-25H,11-12,15-18H2,1-8H3. The van der Waals surface area contributed by atoms with Crippen molar-refractivity contribution in [2.75, 3.05) is 36.2 Å². The summed E-state index contributed by atoms with van der Waals surface area (Å²) in [6.07, 6.45) is 1.72. The monoisotopic (exact) mass is 746 g/mol. The Balaban J connectivity index is 1.33. The van der Waals surface area contributed by atoms with Crippen LogP contribution in [0.5, 0.6) is 23.0 Å². The number of anilines is 6. The lowest BCUT2D eigenvalue weighted by molar-refractivity contribution is 0.296. The number of benzene rings is 5. The van der Waals surface area contributed by atoms with Crippen LogP contribution < -0.4 is 45.1 Å². The molecule has 5 aromatic carbocycles. The molecule has 0 saturated heterocycles. The molecule has 0 radical (unpaired) electrons. The molecule has 55 heavy (non-hydrogen) atoms. The largest absolute Gasteiger partial charge is 0.490 e. The van der Waals surface area contributed by atoms with Gasteiger partial charge in [-0.25, -0.2) is 0 Å². The lowest BCUT2D eigenvalue weighted by Crippen LogP contribution is -2.61. The summed E-state index contributed by atoms with van der Waals surface area (Å²) in [7, 11) is 0. The van der Waals surface area contributed by atoms with Crippen molar-refractivity contribution >= 4 is 78.0 Å². The maximum absolute atomic E-state index is 6.47. The van der Waals surface area contributed by atoms with Crippen LogP contribution in [0.3, 0.4) is 0 Å². The van der Waals surface area contributed by atoms with Crippen molar-refractivity contribution in [1.82, 2.24) is 0 Å². The van der Waals surface area contributed by atoms with E-state index in [-0.39, 0.29) is 12.1 Å². The Labute approximate surface area is 328 Å². The van der Waals surface area contributed by atoms with Gasteiger partial charge in [0.1, 0.15) is 0 Å². The molecule has 0 N–H and O–H groups in total. The Morgan fingerprint density at radius 2 is 1.24 bits per heavy atom. The predicted octanol–water partition coefficient (Wildman–Crippen LogP) is 10.1. The minimum absolute atomic E-state index is 0.0270. The number of hydrogen-bond donors (Lipinski definition) is 0. The van der Waals surface area contributed by atoms with Gasteiger partial charge in [0.05, 0.1) is 42.8 Å². The molecule has 6 aromatic rings. The number of ether oxygens (including phenoxy) is 4. The van der Waals surface area contributed by atoms with E-state index in [0.717, 1.165) is 58.3 Å². The fourth-order valence-electron chi connectivity index (χ4n) is 9.43. The third-order valence-electron chi connectivity index (χ3n) is 11.8. The summed E-state index contributed by atoms with van der Waals surface area (Å²) in [4.78, 5) is 5.09. The van der Waals surface area contributed by atoms with Gasteiger partial charge in [-0.05, 0) is 120 Å². The smallest absolute Gasteiger partial charge is 0.254 e. The van der Waals surface area contributed by atoms with E-state index < -0.39 is 0 Å². The van der Waals surface area contributed by atoms with E-state index in [1.54, 1.807) is 0 Å². The molecule has 6 nitrogen and oxygen atoms in total. The minimum Gasteiger partial charge on any atom is -0.490 e. The minimum atomic E-state index is -0.0353. The summed E-state index contributed by atoms with van der Waals surface area (Å²) >= 11 is 1.88. The second kappa shape index (κ2) is 12.5. The molecule has 0 spiro atoms. The maximum Gasteiger partial charge on any atom is 0.254 e. The molecular formula is C47H47BN2O4S. The van der Waals surface area contributed by atoms with Gasteiger partial charge in [-0.1, -0.05) is 51.1 Å². The van der Waals surface area contributed by atoms with Gasteiger partial charge in [0, 0.05) is 46.2 Å². The summed E-state index contributed by atoms with van der Waals surface area (Å²) in [5.74, 6) is 3.32. The molecule has 0 aliphatic carbocycles. The molecule has 4 aliphatic heterocycles. The molecule has 278 valence electrons. The van der Waals surface area contributed by atoms with Crippen LogP contribution in [0.15, 0.2) is 66.7 Å². The second-order valence-electron chi connectivity index (χ2n) is 16.8. The molecule has 5 heterocycles. The van der Waals surface area contributed by atoms with Crippen molar-refractivity contribution in [1.29, 1.82) is 0 Å². The van der Waals surface area contributed by atoms with Crippen molar-refractivity contribution in [2.45, 2.75) is 73.6 Å². The number of thiophene rings is 1. The molecule has 8 heteroatoms. The lowest BCUT2D eigenvalue weighted by atomic mass is 9.33. The number of nitrogens with zero attached hydrogens (tertiary/aromatic N) is 2. The molecule has 4 aliphatic rings. The van der Waals surface area contributed by atoms with Crippen molar-refractivity contribution in [2.24, 2.45) is 0 Å². The lowest BCUT2D eigenvalue weighted by Gasteiger charge is -2.45. The zero-order valence-corrected chi connectivity index (χ0v) is 33.9. The van der Waals surface area contributed by atoms with Crippen molar-refractivity contribution in [3.63, 3.8) is 0 Å². The fourth-order valence-corrected chi connectivity index (χ4v) is 10.7. The van der Waals surface area contributed by atoms with Crippen LogP contribution in [-0.2, 0) is 5.41 Å². The number of hydrogen-bond acceptors (Lipinski definition) is 7. The third kappa shape index (κ3) is 5.20. The average molecular weight is 747 g/mol. The Kier molecular flexibility index (Phi) is 7.80. The van der Waals surface area contributed by atoms with E-state index in [2.05, 4.69) is 132 Å². The SMILES string of the molecule is Cc1cc2c3c(c1)N(c1c(C)cc4c(c1C)OCCCO4)c1sc4ccccc4c1B3c1cc3c(cc1N2c1c(C)cc(C(C)(C)C)cc1C)OCCCO3. The van der Waals surface area contributed by atoms with Crippen LogP contribution >= 0.6 is 11.3 Å². The Hall–Kier alpha value is -5.08. The maximum atomic E-state index is 6.47. The predicted molar refractivity (Wildman–Crippen MR) is 229 cm³/mol. The van der Waals surface area contributed by atoms with Gasteiger partial charge in [-0.3, -0.25) is 0 Å². The van der Waals surface area contributed by atoms with Gasteiger partial charge in [0.2, 0.25) is 0 Å². The first-order chi connectivity index (χ1) is 26.5. The highest BCUT2D eigenvalue weighted by Crippen LogP contribution is 2.53. The molecule has 10 rings (SSSR count). The highest BCUT2D eigenvalue weighted by atomic mass is 32.1. The normalized spacial score (nSPS) is 15.7.